The van der Waals surface area contributed by atoms with Gasteiger partial charge in [-0.2, -0.15) is 0 Å². The topological polar surface area (TPSA) is 68.2 Å². The predicted molar refractivity (Wildman–Crippen MR) is 114 cm³/mol. The fourth-order valence-corrected chi connectivity index (χ4v) is 4.35. The number of urea groups is 1. The smallest absolute Gasteiger partial charge is 0.322 e. The van der Waals surface area contributed by atoms with E-state index in [1.807, 2.05) is 0 Å². The van der Waals surface area contributed by atoms with Gasteiger partial charge in [-0.15, -0.1) is 0 Å². The molecule has 8 heteroatoms. The molecule has 2 aromatic carbocycles. The monoisotopic (exact) mass is 430 g/mol. The Hall–Kier alpha value is -2.93. The molecule has 5 nitrogen and oxygen atoms in total. The molecule has 0 aromatic heterocycles. The SMILES string of the molecule is N=C/C(=C1/CN(C(=O)Nc2ccc(F)c(Cl)c2)[C@@H]2CCC[C@@H]2N1)c1ccc(F)cc1. The van der Waals surface area contributed by atoms with E-state index in [0.29, 0.717) is 16.8 Å². The number of rotatable bonds is 3. The van der Waals surface area contributed by atoms with Gasteiger partial charge < -0.3 is 20.9 Å². The van der Waals surface area contributed by atoms with Crippen molar-refractivity contribution in [3.8, 4) is 0 Å². The summed E-state index contributed by atoms with van der Waals surface area (Å²) in [6.07, 6.45) is 3.99. The number of hydrogen-bond acceptors (Lipinski definition) is 3. The molecule has 2 amide bonds. The van der Waals surface area contributed by atoms with Crippen molar-refractivity contribution in [2.75, 3.05) is 11.9 Å². The summed E-state index contributed by atoms with van der Waals surface area (Å²) in [5, 5.41) is 14.1. The van der Waals surface area contributed by atoms with Gasteiger partial charge in [0, 0.05) is 29.2 Å². The van der Waals surface area contributed by atoms with E-state index in [-0.39, 0.29) is 35.5 Å². The largest absolute Gasteiger partial charge is 0.382 e. The van der Waals surface area contributed by atoms with Gasteiger partial charge in [0.25, 0.3) is 0 Å². The molecule has 0 radical (unpaired) electrons. The van der Waals surface area contributed by atoms with Gasteiger partial charge in [0.05, 0.1) is 17.6 Å². The lowest BCUT2D eigenvalue weighted by Gasteiger charge is -2.40. The number of nitrogens with zero attached hydrogens (tertiary/aromatic N) is 1. The number of piperazine rings is 1. The number of anilines is 1. The molecule has 1 heterocycles. The van der Waals surface area contributed by atoms with Crippen molar-refractivity contribution in [1.29, 1.82) is 5.41 Å². The number of fused-ring (bicyclic) bond motifs is 1. The Morgan fingerprint density at radius 2 is 1.97 bits per heavy atom. The van der Waals surface area contributed by atoms with Crippen molar-refractivity contribution in [1.82, 2.24) is 10.2 Å². The summed E-state index contributed by atoms with van der Waals surface area (Å²) in [4.78, 5) is 14.8. The van der Waals surface area contributed by atoms with Gasteiger partial charge in [0.1, 0.15) is 11.6 Å². The van der Waals surface area contributed by atoms with Crippen LogP contribution < -0.4 is 10.6 Å². The Kier molecular flexibility index (Phi) is 5.72. The summed E-state index contributed by atoms with van der Waals surface area (Å²) in [7, 11) is 0. The molecular weight excluding hydrogens is 410 g/mol. The summed E-state index contributed by atoms with van der Waals surface area (Å²) in [6.45, 7) is 0.282. The van der Waals surface area contributed by atoms with E-state index in [1.54, 1.807) is 17.0 Å². The van der Waals surface area contributed by atoms with Crippen LogP contribution in [0.3, 0.4) is 0 Å². The predicted octanol–water partition coefficient (Wildman–Crippen LogP) is 5.04. The molecule has 3 N–H and O–H groups in total. The molecule has 4 rings (SSSR count). The normalized spacial score (nSPS) is 22.2. The molecule has 2 aromatic rings. The van der Waals surface area contributed by atoms with Crippen molar-refractivity contribution >= 4 is 35.1 Å². The fourth-order valence-electron chi connectivity index (χ4n) is 4.17. The second-order valence-electron chi connectivity index (χ2n) is 7.48. The maximum atomic E-state index is 13.4. The minimum atomic E-state index is -0.548. The van der Waals surface area contributed by atoms with Crippen LogP contribution in [-0.4, -0.2) is 35.8 Å². The zero-order chi connectivity index (χ0) is 21.3. The first-order chi connectivity index (χ1) is 14.5. The number of amides is 2. The molecule has 2 atom stereocenters. The van der Waals surface area contributed by atoms with E-state index in [1.165, 1.54) is 36.5 Å². The fraction of sp³-hybridized carbons (Fsp3) is 0.273. The van der Waals surface area contributed by atoms with Crippen LogP contribution in [0.2, 0.25) is 5.02 Å². The van der Waals surface area contributed by atoms with Gasteiger partial charge in [-0.05, 0) is 55.2 Å². The molecule has 1 aliphatic carbocycles. The van der Waals surface area contributed by atoms with Crippen LogP contribution in [0.15, 0.2) is 48.2 Å². The van der Waals surface area contributed by atoms with Gasteiger partial charge >= 0.3 is 6.03 Å². The molecule has 1 saturated carbocycles. The summed E-state index contributed by atoms with van der Waals surface area (Å²) in [5.41, 5.74) is 2.47. The van der Waals surface area contributed by atoms with Gasteiger partial charge in [0.15, 0.2) is 0 Å². The first-order valence-corrected chi connectivity index (χ1v) is 10.1. The van der Waals surface area contributed by atoms with Gasteiger partial charge in [-0.3, -0.25) is 0 Å². The van der Waals surface area contributed by atoms with E-state index in [0.717, 1.165) is 25.0 Å². The number of carbonyl (C=O) groups is 1. The minimum absolute atomic E-state index is 0.0184. The summed E-state index contributed by atoms with van der Waals surface area (Å²) in [5.74, 6) is -0.896. The van der Waals surface area contributed by atoms with Crippen molar-refractivity contribution in [3.63, 3.8) is 0 Å². The quantitative estimate of drug-likeness (QED) is 0.597. The van der Waals surface area contributed by atoms with Crippen LogP contribution in [0.25, 0.3) is 5.57 Å². The third-order valence-corrected chi connectivity index (χ3v) is 5.91. The van der Waals surface area contributed by atoms with E-state index < -0.39 is 5.82 Å². The van der Waals surface area contributed by atoms with Crippen LogP contribution in [0.4, 0.5) is 19.3 Å². The van der Waals surface area contributed by atoms with Gasteiger partial charge in [-0.25, -0.2) is 13.6 Å². The Morgan fingerprint density at radius 1 is 1.20 bits per heavy atom. The Morgan fingerprint density at radius 3 is 2.67 bits per heavy atom. The second-order valence-corrected chi connectivity index (χ2v) is 7.89. The summed E-state index contributed by atoms with van der Waals surface area (Å²) < 4.78 is 26.7. The van der Waals surface area contributed by atoms with E-state index >= 15 is 0 Å². The Labute approximate surface area is 178 Å². The number of carbonyl (C=O) groups excluding carboxylic acids is 1. The Balaban J connectivity index is 1.63. The molecule has 30 heavy (non-hydrogen) atoms. The van der Waals surface area contributed by atoms with Crippen LogP contribution in [0, 0.1) is 17.0 Å². The molecule has 156 valence electrons. The Bertz CT molecular complexity index is 1010. The molecular formula is C22H21ClF2N4O. The highest BCUT2D eigenvalue weighted by Gasteiger charge is 2.39. The third-order valence-electron chi connectivity index (χ3n) is 5.62. The number of benzene rings is 2. The number of hydrogen-bond donors (Lipinski definition) is 3. The highest BCUT2D eigenvalue weighted by molar-refractivity contribution is 6.31. The lowest BCUT2D eigenvalue weighted by Crippen LogP contribution is -2.57. The van der Waals surface area contributed by atoms with Crippen LogP contribution >= 0.6 is 11.6 Å². The third kappa shape index (κ3) is 4.03. The van der Waals surface area contributed by atoms with Crippen LogP contribution in [0.1, 0.15) is 24.8 Å². The van der Waals surface area contributed by atoms with Crippen molar-refractivity contribution in [3.05, 3.63) is 70.4 Å². The van der Waals surface area contributed by atoms with E-state index in [2.05, 4.69) is 10.6 Å². The lowest BCUT2D eigenvalue weighted by atomic mass is 9.99. The van der Waals surface area contributed by atoms with Crippen LogP contribution in [0.5, 0.6) is 0 Å². The lowest BCUT2D eigenvalue weighted by molar-refractivity contribution is 0.169. The molecule has 0 bridgehead atoms. The zero-order valence-corrected chi connectivity index (χ0v) is 16.8. The first-order valence-electron chi connectivity index (χ1n) is 9.75. The standard InChI is InChI=1S/C22H21ClF2N4O/c23-17-10-15(8-9-18(17)25)27-22(30)29-12-20(28-19-2-1-3-21(19)29)16(11-26)13-4-6-14(24)7-5-13/h4-11,19,21,26,28H,1-3,12H2,(H,27,30)/b20-16+,26-11?/t19-,21+/m0/s1. The van der Waals surface area contributed by atoms with Gasteiger partial charge in [-0.1, -0.05) is 23.7 Å². The van der Waals surface area contributed by atoms with E-state index in [4.69, 9.17) is 17.0 Å². The zero-order valence-electron chi connectivity index (χ0n) is 16.1. The van der Waals surface area contributed by atoms with Crippen molar-refractivity contribution in [2.45, 2.75) is 31.3 Å². The van der Waals surface area contributed by atoms with Crippen molar-refractivity contribution in [2.24, 2.45) is 0 Å². The molecule has 2 fully saturated rings. The molecule has 1 aliphatic heterocycles. The van der Waals surface area contributed by atoms with E-state index in [9.17, 15) is 13.6 Å². The molecule has 0 unspecified atom stereocenters. The first kappa shape index (κ1) is 20.3. The number of nitrogens with one attached hydrogen (secondary N) is 3. The van der Waals surface area contributed by atoms with Gasteiger partial charge in [0.2, 0.25) is 0 Å². The van der Waals surface area contributed by atoms with Crippen molar-refractivity contribution < 1.29 is 13.6 Å². The highest BCUT2D eigenvalue weighted by Crippen LogP contribution is 2.32. The highest BCUT2D eigenvalue weighted by atomic mass is 35.5. The number of halogens is 3. The average Bonchev–Trinajstić information content (AvgIpc) is 3.21. The average molecular weight is 431 g/mol. The summed E-state index contributed by atoms with van der Waals surface area (Å²) >= 11 is 5.83. The summed E-state index contributed by atoms with van der Waals surface area (Å²) in [6, 6.07) is 9.78. The number of allylic oxidation sites excluding steroid dienone is 1. The minimum Gasteiger partial charge on any atom is -0.382 e. The molecule has 0 spiro atoms. The molecule has 1 saturated heterocycles. The van der Waals surface area contributed by atoms with Crippen LogP contribution in [-0.2, 0) is 0 Å². The second kappa shape index (κ2) is 8.44. The maximum Gasteiger partial charge on any atom is 0.322 e. The molecule has 2 aliphatic rings. The maximum absolute atomic E-state index is 13.4.